The third-order valence-corrected chi connectivity index (χ3v) is 4.18. The first-order chi connectivity index (χ1) is 7.27. The first-order valence-electron chi connectivity index (χ1n) is 5.49. The fourth-order valence-electron chi connectivity index (χ4n) is 2.52. The summed E-state index contributed by atoms with van der Waals surface area (Å²) in [4.78, 5) is 11.4. The smallest absolute Gasteiger partial charge is 0.126 e. The van der Waals surface area contributed by atoms with Crippen LogP contribution < -0.4 is 0 Å². The molecule has 0 aliphatic heterocycles. The molecule has 2 atom stereocenters. The first kappa shape index (κ1) is 10.7. The molecule has 3 nitrogen and oxygen atoms in total. The molecule has 1 heterocycles. The van der Waals surface area contributed by atoms with Crippen LogP contribution in [0.3, 0.4) is 0 Å². The molecule has 0 radical (unpaired) electrons. The Bertz CT molecular complexity index is 325. The molecule has 0 amide bonds. The van der Waals surface area contributed by atoms with Crippen molar-refractivity contribution in [1.82, 2.24) is 8.75 Å². The van der Waals surface area contributed by atoms with Gasteiger partial charge in [0.2, 0.25) is 0 Å². The molecular formula is C11H16N2OS. The van der Waals surface area contributed by atoms with Crippen molar-refractivity contribution in [2.75, 3.05) is 0 Å². The van der Waals surface area contributed by atoms with Crippen LogP contribution >= 0.6 is 11.7 Å². The van der Waals surface area contributed by atoms with Crippen LogP contribution in [0.25, 0.3) is 0 Å². The Morgan fingerprint density at radius 2 is 2.53 bits per heavy atom. The molecule has 82 valence electrons. The van der Waals surface area contributed by atoms with Crippen molar-refractivity contribution >= 4 is 18.0 Å². The van der Waals surface area contributed by atoms with Crippen LogP contribution in [0.1, 0.15) is 38.3 Å². The molecule has 0 saturated heterocycles. The zero-order chi connectivity index (χ0) is 10.7. The van der Waals surface area contributed by atoms with Crippen LogP contribution in [-0.4, -0.2) is 15.0 Å². The lowest BCUT2D eigenvalue weighted by Crippen LogP contribution is -2.36. The van der Waals surface area contributed by atoms with Crippen LogP contribution in [0.2, 0.25) is 0 Å². The zero-order valence-electron chi connectivity index (χ0n) is 8.98. The van der Waals surface area contributed by atoms with Gasteiger partial charge in [0.1, 0.15) is 6.29 Å². The normalized spacial score (nSPS) is 31.4. The van der Waals surface area contributed by atoms with Gasteiger partial charge >= 0.3 is 0 Å². The second kappa shape index (κ2) is 4.39. The van der Waals surface area contributed by atoms with Crippen molar-refractivity contribution < 1.29 is 4.79 Å². The van der Waals surface area contributed by atoms with Gasteiger partial charge in [0, 0.05) is 11.8 Å². The maximum atomic E-state index is 11.4. The van der Waals surface area contributed by atoms with Gasteiger partial charge in [0.25, 0.3) is 0 Å². The molecule has 1 aliphatic carbocycles. The molecule has 1 aromatic rings. The van der Waals surface area contributed by atoms with Gasteiger partial charge < -0.3 is 4.79 Å². The van der Waals surface area contributed by atoms with Crippen molar-refractivity contribution in [2.45, 2.75) is 39.0 Å². The molecule has 0 aromatic carbocycles. The van der Waals surface area contributed by atoms with E-state index in [2.05, 4.69) is 15.7 Å². The summed E-state index contributed by atoms with van der Waals surface area (Å²) in [6, 6.07) is 0. The third kappa shape index (κ3) is 2.09. The van der Waals surface area contributed by atoms with Gasteiger partial charge in [-0.05, 0) is 18.8 Å². The Balaban J connectivity index is 2.16. The van der Waals surface area contributed by atoms with E-state index in [0.29, 0.717) is 5.92 Å². The van der Waals surface area contributed by atoms with Crippen molar-refractivity contribution in [3.8, 4) is 0 Å². The summed E-state index contributed by atoms with van der Waals surface area (Å²) in [6.07, 6.45) is 8.32. The largest absolute Gasteiger partial charge is 0.303 e. The standard InChI is InChI=1S/C11H16N2OS/c1-9-4-2-3-5-11(9,8-14)6-10-7-12-15-13-10/h7-9H,2-6H2,1H3. The van der Waals surface area contributed by atoms with Crippen molar-refractivity contribution in [3.05, 3.63) is 11.9 Å². The summed E-state index contributed by atoms with van der Waals surface area (Å²) in [6.45, 7) is 2.19. The van der Waals surface area contributed by atoms with Crippen LogP contribution in [-0.2, 0) is 11.2 Å². The van der Waals surface area contributed by atoms with Crippen molar-refractivity contribution in [2.24, 2.45) is 11.3 Å². The van der Waals surface area contributed by atoms with E-state index in [9.17, 15) is 4.79 Å². The van der Waals surface area contributed by atoms with Crippen molar-refractivity contribution in [3.63, 3.8) is 0 Å². The number of hydrogen-bond acceptors (Lipinski definition) is 4. The summed E-state index contributed by atoms with van der Waals surface area (Å²) >= 11 is 1.22. The predicted octanol–water partition coefficient (Wildman–Crippen LogP) is 2.48. The number of rotatable bonds is 3. The fourth-order valence-corrected chi connectivity index (χ4v) is 2.95. The average molecular weight is 224 g/mol. The Hall–Kier alpha value is -0.770. The highest BCUT2D eigenvalue weighted by atomic mass is 32.1. The summed E-state index contributed by atoms with van der Waals surface area (Å²) in [7, 11) is 0. The van der Waals surface area contributed by atoms with Gasteiger partial charge in [-0.1, -0.05) is 19.8 Å². The highest BCUT2D eigenvalue weighted by molar-refractivity contribution is 6.99. The van der Waals surface area contributed by atoms with Gasteiger partial charge in [-0.2, -0.15) is 8.75 Å². The Kier molecular flexibility index (Phi) is 3.14. The molecule has 0 spiro atoms. The summed E-state index contributed by atoms with van der Waals surface area (Å²) < 4.78 is 8.20. The van der Waals surface area contributed by atoms with Gasteiger partial charge in [0.15, 0.2) is 0 Å². The van der Waals surface area contributed by atoms with E-state index in [-0.39, 0.29) is 5.41 Å². The summed E-state index contributed by atoms with van der Waals surface area (Å²) in [5.74, 6) is 0.477. The van der Waals surface area contributed by atoms with E-state index in [1.165, 1.54) is 24.6 Å². The lowest BCUT2D eigenvalue weighted by atomic mass is 9.65. The minimum Gasteiger partial charge on any atom is -0.303 e. The molecule has 0 N–H and O–H groups in total. The SMILES string of the molecule is CC1CCCCC1(C=O)Cc1cnsn1. The van der Waals surface area contributed by atoms with Crippen LogP contribution in [0.15, 0.2) is 6.20 Å². The lowest BCUT2D eigenvalue weighted by molar-refractivity contribution is -0.120. The van der Waals surface area contributed by atoms with E-state index in [1.54, 1.807) is 6.20 Å². The average Bonchev–Trinajstić information content (AvgIpc) is 2.74. The molecule has 1 saturated carbocycles. The minimum absolute atomic E-state index is 0.173. The van der Waals surface area contributed by atoms with Gasteiger partial charge in [-0.25, -0.2) is 0 Å². The Morgan fingerprint density at radius 1 is 1.67 bits per heavy atom. The number of aromatic nitrogens is 2. The Labute approximate surface area is 94.2 Å². The maximum absolute atomic E-state index is 11.4. The van der Waals surface area contributed by atoms with Crippen LogP contribution in [0, 0.1) is 11.3 Å². The fraction of sp³-hybridized carbons (Fsp3) is 0.727. The number of aldehydes is 1. The molecule has 1 aromatic heterocycles. The summed E-state index contributed by atoms with van der Waals surface area (Å²) in [5, 5.41) is 0. The number of carbonyl (C=O) groups is 1. The van der Waals surface area contributed by atoms with Crippen LogP contribution in [0.5, 0.6) is 0 Å². The molecule has 4 heteroatoms. The molecule has 2 unspecified atom stereocenters. The maximum Gasteiger partial charge on any atom is 0.126 e. The Morgan fingerprint density at radius 3 is 3.13 bits per heavy atom. The highest BCUT2D eigenvalue weighted by Crippen LogP contribution is 2.41. The van der Waals surface area contributed by atoms with Crippen molar-refractivity contribution in [1.29, 1.82) is 0 Å². The lowest BCUT2D eigenvalue weighted by Gasteiger charge is -2.37. The van der Waals surface area contributed by atoms with Gasteiger partial charge in [0.05, 0.1) is 23.6 Å². The summed E-state index contributed by atoms with van der Waals surface area (Å²) in [5.41, 5.74) is 0.800. The number of nitrogens with zero attached hydrogens (tertiary/aromatic N) is 2. The van der Waals surface area contributed by atoms with Crippen LogP contribution in [0.4, 0.5) is 0 Å². The van der Waals surface area contributed by atoms with E-state index in [1.807, 2.05) is 0 Å². The van der Waals surface area contributed by atoms with E-state index < -0.39 is 0 Å². The second-order valence-electron chi connectivity index (χ2n) is 4.57. The van der Waals surface area contributed by atoms with Gasteiger partial charge in [-0.15, -0.1) is 0 Å². The quantitative estimate of drug-likeness (QED) is 0.741. The minimum atomic E-state index is -0.173. The monoisotopic (exact) mass is 224 g/mol. The van der Waals surface area contributed by atoms with Gasteiger partial charge in [-0.3, -0.25) is 0 Å². The molecular weight excluding hydrogens is 208 g/mol. The van der Waals surface area contributed by atoms with E-state index in [4.69, 9.17) is 0 Å². The molecule has 1 fully saturated rings. The number of carbonyl (C=O) groups excluding carboxylic acids is 1. The molecule has 1 aliphatic rings. The third-order valence-electron chi connectivity index (χ3n) is 3.66. The van der Waals surface area contributed by atoms with E-state index >= 15 is 0 Å². The predicted molar refractivity (Wildman–Crippen MR) is 59.7 cm³/mol. The topological polar surface area (TPSA) is 42.9 Å². The molecule has 0 bridgehead atoms. The second-order valence-corrected chi connectivity index (χ2v) is 5.13. The molecule has 15 heavy (non-hydrogen) atoms. The molecule has 2 rings (SSSR count). The first-order valence-corrected chi connectivity index (χ1v) is 6.23. The number of hydrogen-bond donors (Lipinski definition) is 0. The van der Waals surface area contributed by atoms with E-state index in [0.717, 1.165) is 31.2 Å². The zero-order valence-corrected chi connectivity index (χ0v) is 9.80. The highest BCUT2D eigenvalue weighted by Gasteiger charge is 2.38.